The molecule has 1 atom stereocenters. The number of alkyl halides is 3. The molecule has 29 heavy (non-hydrogen) atoms. The maximum Gasteiger partial charge on any atom is 0.417 e. The fraction of sp³-hybridized carbons (Fsp3) is 0.278. The Bertz CT molecular complexity index is 950. The van der Waals surface area contributed by atoms with Crippen LogP contribution in [0.1, 0.15) is 29.3 Å². The monoisotopic (exact) mass is 426 g/mol. The van der Waals surface area contributed by atoms with Gasteiger partial charge in [0.1, 0.15) is 0 Å². The molecule has 0 saturated carbocycles. The minimum absolute atomic E-state index is 0.191. The van der Waals surface area contributed by atoms with Crippen molar-refractivity contribution in [1.82, 2.24) is 14.9 Å². The minimum Gasteiger partial charge on any atom is -0.399 e. The highest BCUT2D eigenvalue weighted by atomic mass is 35.5. The number of aromatic nitrogens is 2. The molecule has 0 radical (unpaired) electrons. The average Bonchev–Trinajstić information content (AvgIpc) is 2.69. The summed E-state index contributed by atoms with van der Waals surface area (Å²) < 4.78 is 39.3. The zero-order valence-electron chi connectivity index (χ0n) is 15.3. The maximum absolute atomic E-state index is 13.1. The lowest BCUT2D eigenvalue weighted by molar-refractivity contribution is -0.137. The van der Waals surface area contributed by atoms with E-state index in [4.69, 9.17) is 23.2 Å². The van der Waals surface area contributed by atoms with E-state index in [2.05, 4.69) is 9.97 Å². The molecule has 1 aliphatic rings. The quantitative estimate of drug-likeness (QED) is 0.578. The molecule has 0 bridgehead atoms. The smallest absolute Gasteiger partial charge is 0.399 e. The first-order chi connectivity index (χ1) is 13.6. The van der Waals surface area contributed by atoms with Crippen LogP contribution in [0.15, 0.2) is 48.2 Å². The van der Waals surface area contributed by atoms with E-state index in [9.17, 15) is 18.0 Å². The number of rotatable bonds is 3. The minimum atomic E-state index is -4.66. The number of amides is 1. The largest absolute Gasteiger partial charge is 0.417 e. The van der Waals surface area contributed by atoms with Gasteiger partial charge in [-0.05, 0) is 19.1 Å². The summed E-state index contributed by atoms with van der Waals surface area (Å²) in [5, 5.41) is 0.656. The Morgan fingerprint density at radius 1 is 1.34 bits per heavy atom. The van der Waals surface area contributed by atoms with Crippen LogP contribution in [0.4, 0.5) is 19.0 Å². The molecule has 3 rings (SSSR count). The van der Waals surface area contributed by atoms with E-state index >= 15 is 0 Å². The predicted octanol–water partition coefficient (Wildman–Crippen LogP) is 2.93. The average molecular weight is 427 g/mol. The lowest BCUT2D eigenvalue weighted by Gasteiger charge is -2.37. The first-order valence-corrected chi connectivity index (χ1v) is 8.96. The highest BCUT2D eigenvalue weighted by Gasteiger charge is 2.37. The SMILES string of the molecule is CC1C(N)=C(N(N)c2cnccn2)CCN1C(=O)c1cccc(C(F)(F)F)c1Cl. The van der Waals surface area contributed by atoms with Gasteiger partial charge in [0, 0.05) is 25.4 Å². The summed E-state index contributed by atoms with van der Waals surface area (Å²) in [6.45, 7) is 1.86. The number of halogens is 4. The van der Waals surface area contributed by atoms with Gasteiger partial charge in [0.2, 0.25) is 0 Å². The summed E-state index contributed by atoms with van der Waals surface area (Å²) >= 11 is 5.90. The van der Waals surface area contributed by atoms with E-state index in [1.54, 1.807) is 6.92 Å². The van der Waals surface area contributed by atoms with Crippen LogP contribution in [0.5, 0.6) is 0 Å². The number of carbonyl (C=O) groups excluding carboxylic acids is 1. The van der Waals surface area contributed by atoms with Crippen LogP contribution in [0.25, 0.3) is 0 Å². The molecule has 1 amide bonds. The molecule has 0 spiro atoms. The van der Waals surface area contributed by atoms with Crippen molar-refractivity contribution in [2.75, 3.05) is 11.6 Å². The summed E-state index contributed by atoms with van der Waals surface area (Å²) in [6, 6.07) is 2.63. The van der Waals surface area contributed by atoms with Crippen molar-refractivity contribution in [3.05, 3.63) is 64.3 Å². The van der Waals surface area contributed by atoms with E-state index in [1.807, 2.05) is 0 Å². The highest BCUT2D eigenvalue weighted by molar-refractivity contribution is 6.34. The molecule has 1 aromatic carbocycles. The molecular formula is C18H18ClF3N6O. The summed E-state index contributed by atoms with van der Waals surface area (Å²) in [6.07, 6.45) is 0.0572. The van der Waals surface area contributed by atoms with Gasteiger partial charge in [0.05, 0.1) is 39.8 Å². The Kier molecular flexibility index (Phi) is 5.67. The van der Waals surface area contributed by atoms with Gasteiger partial charge < -0.3 is 10.6 Å². The fourth-order valence-electron chi connectivity index (χ4n) is 3.14. The number of benzene rings is 1. The number of hydrogen-bond donors (Lipinski definition) is 2. The van der Waals surface area contributed by atoms with Gasteiger partial charge in [-0.15, -0.1) is 0 Å². The molecule has 0 fully saturated rings. The molecule has 2 aromatic rings. The Balaban J connectivity index is 1.90. The number of anilines is 1. The van der Waals surface area contributed by atoms with Crippen LogP contribution < -0.4 is 16.6 Å². The van der Waals surface area contributed by atoms with E-state index in [0.29, 0.717) is 17.2 Å². The molecule has 2 heterocycles. The van der Waals surface area contributed by atoms with Crippen molar-refractivity contribution < 1.29 is 18.0 Å². The van der Waals surface area contributed by atoms with Crippen LogP contribution >= 0.6 is 11.6 Å². The van der Waals surface area contributed by atoms with Gasteiger partial charge in [0.15, 0.2) is 5.82 Å². The first-order valence-electron chi connectivity index (χ1n) is 8.59. The van der Waals surface area contributed by atoms with Gasteiger partial charge >= 0.3 is 6.18 Å². The number of hydrogen-bond acceptors (Lipinski definition) is 6. The zero-order valence-corrected chi connectivity index (χ0v) is 16.1. The number of carbonyl (C=O) groups is 1. The van der Waals surface area contributed by atoms with Gasteiger partial charge in [-0.2, -0.15) is 13.2 Å². The van der Waals surface area contributed by atoms with Crippen LogP contribution in [-0.4, -0.2) is 33.4 Å². The molecule has 4 N–H and O–H groups in total. The van der Waals surface area contributed by atoms with E-state index in [1.165, 1.54) is 34.6 Å². The molecule has 1 aliphatic heterocycles. The zero-order chi connectivity index (χ0) is 21.3. The maximum atomic E-state index is 13.1. The van der Waals surface area contributed by atoms with Crippen LogP contribution in [0.3, 0.4) is 0 Å². The topological polar surface area (TPSA) is 101 Å². The van der Waals surface area contributed by atoms with Crippen molar-refractivity contribution in [1.29, 1.82) is 0 Å². The second-order valence-corrected chi connectivity index (χ2v) is 6.80. The lowest BCUT2D eigenvalue weighted by atomic mass is 10.0. The Hall–Kier alpha value is -2.85. The van der Waals surface area contributed by atoms with Crippen LogP contribution in [-0.2, 0) is 6.18 Å². The van der Waals surface area contributed by atoms with E-state index < -0.39 is 28.7 Å². The number of nitrogens with zero attached hydrogens (tertiary/aromatic N) is 4. The number of nitrogens with two attached hydrogens (primary N) is 2. The Morgan fingerprint density at radius 3 is 2.69 bits per heavy atom. The third-order valence-electron chi connectivity index (χ3n) is 4.72. The van der Waals surface area contributed by atoms with Crippen molar-refractivity contribution >= 4 is 23.3 Å². The molecule has 11 heteroatoms. The van der Waals surface area contributed by atoms with Crippen LogP contribution in [0.2, 0.25) is 5.02 Å². The molecule has 1 unspecified atom stereocenters. The van der Waals surface area contributed by atoms with Gasteiger partial charge in [-0.1, -0.05) is 17.7 Å². The standard InChI is InChI=1S/C18H18ClF3N6O/c1-10-16(23)13(28(24)14-9-25-6-7-26-14)5-8-27(10)17(29)11-3-2-4-12(15(11)19)18(20,21)22/h2-4,6-7,9-10H,5,8,23-24H2,1H3. The van der Waals surface area contributed by atoms with E-state index in [0.717, 1.165) is 12.1 Å². The third-order valence-corrected chi connectivity index (χ3v) is 5.13. The summed E-state index contributed by atoms with van der Waals surface area (Å²) in [5.41, 5.74) is 5.77. The summed E-state index contributed by atoms with van der Waals surface area (Å²) in [4.78, 5) is 22.3. The number of hydrazine groups is 1. The van der Waals surface area contributed by atoms with Gasteiger partial charge in [0.25, 0.3) is 5.91 Å². The third kappa shape index (κ3) is 3.99. The highest BCUT2D eigenvalue weighted by Crippen LogP contribution is 2.37. The molecule has 1 aromatic heterocycles. The summed E-state index contributed by atoms with van der Waals surface area (Å²) in [5.74, 6) is 5.82. The van der Waals surface area contributed by atoms with Gasteiger partial charge in [-0.25, -0.2) is 10.8 Å². The normalized spacial score (nSPS) is 17.4. The van der Waals surface area contributed by atoms with Crippen molar-refractivity contribution in [3.8, 4) is 0 Å². The summed E-state index contributed by atoms with van der Waals surface area (Å²) in [7, 11) is 0. The van der Waals surface area contributed by atoms with Crippen molar-refractivity contribution in [2.45, 2.75) is 25.6 Å². The fourth-order valence-corrected chi connectivity index (χ4v) is 3.45. The Labute approximate surface area is 169 Å². The lowest BCUT2D eigenvalue weighted by Crippen LogP contribution is -2.49. The van der Waals surface area contributed by atoms with Gasteiger partial charge in [-0.3, -0.25) is 14.8 Å². The Morgan fingerprint density at radius 2 is 2.07 bits per heavy atom. The van der Waals surface area contributed by atoms with Crippen molar-refractivity contribution in [2.24, 2.45) is 11.6 Å². The van der Waals surface area contributed by atoms with E-state index in [-0.39, 0.29) is 18.5 Å². The molecule has 0 saturated heterocycles. The predicted molar refractivity (Wildman–Crippen MR) is 101 cm³/mol. The second kappa shape index (κ2) is 7.88. The van der Waals surface area contributed by atoms with Crippen molar-refractivity contribution in [3.63, 3.8) is 0 Å². The molecular weight excluding hydrogens is 409 g/mol. The molecule has 7 nitrogen and oxygen atoms in total. The first kappa shape index (κ1) is 20.9. The van der Waals surface area contributed by atoms with Crippen LogP contribution in [0, 0.1) is 0 Å². The second-order valence-electron chi connectivity index (χ2n) is 6.43. The molecule has 154 valence electrons. The molecule has 0 aliphatic carbocycles.